The summed E-state index contributed by atoms with van der Waals surface area (Å²) in [6, 6.07) is 2.02. The molecule has 1 unspecified atom stereocenters. The second-order valence-corrected chi connectivity index (χ2v) is 4.45. The first-order valence-electron chi connectivity index (χ1n) is 5.26. The first kappa shape index (κ1) is 11.4. The lowest BCUT2D eigenvalue weighted by molar-refractivity contribution is -0.140. The van der Waals surface area contributed by atoms with Gasteiger partial charge >= 0.3 is 6.18 Å². The molecule has 0 N–H and O–H groups in total. The third kappa shape index (κ3) is 2.06. The first-order chi connectivity index (χ1) is 7.38. The lowest BCUT2D eigenvalue weighted by atomic mass is 9.84. The molecule has 0 fully saturated rings. The highest BCUT2D eigenvalue weighted by atomic mass is 19.4. The van der Waals surface area contributed by atoms with Crippen LogP contribution in [0.1, 0.15) is 30.0 Å². The fourth-order valence-corrected chi connectivity index (χ4v) is 2.18. The van der Waals surface area contributed by atoms with Crippen molar-refractivity contribution >= 4 is 0 Å². The fraction of sp³-hybridized carbons (Fsp3) is 0.500. The van der Waals surface area contributed by atoms with Crippen LogP contribution in [0.3, 0.4) is 0 Å². The number of hydrogen-bond donors (Lipinski definition) is 0. The van der Waals surface area contributed by atoms with Gasteiger partial charge in [0.2, 0.25) is 0 Å². The van der Waals surface area contributed by atoms with Gasteiger partial charge in [-0.2, -0.15) is 13.2 Å². The minimum absolute atomic E-state index is 0.420. The Hall–Kier alpha value is -1.06. The monoisotopic (exact) mass is 232 g/mol. The smallest absolute Gasteiger partial charge is 0.206 e. The fourth-order valence-electron chi connectivity index (χ4n) is 2.18. The van der Waals surface area contributed by atoms with Crippen LogP contribution in [-0.4, -0.2) is 0 Å². The van der Waals surface area contributed by atoms with Crippen LogP contribution in [-0.2, 0) is 19.0 Å². The van der Waals surface area contributed by atoms with Crippen molar-refractivity contribution in [2.24, 2.45) is 5.92 Å². The maximum atomic E-state index is 13.3. The van der Waals surface area contributed by atoms with E-state index in [1.807, 2.05) is 6.92 Å². The van der Waals surface area contributed by atoms with Crippen LogP contribution < -0.4 is 0 Å². The third-order valence-electron chi connectivity index (χ3n) is 3.07. The standard InChI is InChI=1S/C12H12F4/c1-7-2-3-8-5-10(12(14,15)16)11(13)6-9(8)4-7/h5-7H,2-4H2,1H3. The van der Waals surface area contributed by atoms with Crippen molar-refractivity contribution in [2.75, 3.05) is 0 Å². The Labute approximate surface area is 91.3 Å². The average molecular weight is 232 g/mol. The second-order valence-electron chi connectivity index (χ2n) is 4.45. The van der Waals surface area contributed by atoms with Crippen molar-refractivity contribution in [1.29, 1.82) is 0 Å². The molecule has 0 bridgehead atoms. The summed E-state index contributed by atoms with van der Waals surface area (Å²) >= 11 is 0. The number of aryl methyl sites for hydroxylation is 1. The van der Waals surface area contributed by atoms with Gasteiger partial charge in [0.15, 0.2) is 0 Å². The van der Waals surface area contributed by atoms with Crippen molar-refractivity contribution in [3.63, 3.8) is 0 Å². The van der Waals surface area contributed by atoms with Crippen molar-refractivity contribution in [2.45, 2.75) is 32.4 Å². The van der Waals surface area contributed by atoms with Gasteiger partial charge in [-0.05, 0) is 48.4 Å². The van der Waals surface area contributed by atoms with E-state index in [2.05, 4.69) is 0 Å². The van der Waals surface area contributed by atoms with Crippen LogP contribution in [0.25, 0.3) is 0 Å². The molecule has 4 heteroatoms. The Morgan fingerprint density at radius 3 is 2.50 bits per heavy atom. The van der Waals surface area contributed by atoms with Crippen molar-refractivity contribution < 1.29 is 17.6 Å². The van der Waals surface area contributed by atoms with Crippen LogP contribution in [0.15, 0.2) is 12.1 Å². The minimum atomic E-state index is -4.60. The van der Waals surface area contributed by atoms with Crippen molar-refractivity contribution in [3.8, 4) is 0 Å². The summed E-state index contributed by atoms with van der Waals surface area (Å²) < 4.78 is 50.6. The molecule has 1 aliphatic carbocycles. The molecule has 1 aliphatic rings. The van der Waals surface area contributed by atoms with Crippen LogP contribution in [0.5, 0.6) is 0 Å². The molecule has 2 rings (SSSR count). The Bertz CT molecular complexity index is 406. The van der Waals surface area contributed by atoms with E-state index in [4.69, 9.17) is 0 Å². The molecule has 1 aromatic carbocycles. The Balaban J connectivity index is 2.46. The predicted octanol–water partition coefficient (Wildman–Crippen LogP) is 3.97. The van der Waals surface area contributed by atoms with Gasteiger partial charge in [-0.15, -0.1) is 0 Å². The van der Waals surface area contributed by atoms with E-state index in [1.54, 1.807) is 0 Å². The molecule has 0 saturated carbocycles. The van der Waals surface area contributed by atoms with E-state index in [0.717, 1.165) is 24.1 Å². The summed E-state index contributed by atoms with van der Waals surface area (Å²) in [5.41, 5.74) is 0.233. The van der Waals surface area contributed by atoms with Gasteiger partial charge in [-0.1, -0.05) is 6.92 Å². The van der Waals surface area contributed by atoms with Gasteiger partial charge in [-0.3, -0.25) is 0 Å². The van der Waals surface area contributed by atoms with Crippen LogP contribution in [0, 0.1) is 11.7 Å². The zero-order chi connectivity index (χ0) is 11.9. The highest BCUT2D eigenvalue weighted by molar-refractivity contribution is 5.36. The molecule has 1 aromatic rings. The molecule has 0 spiro atoms. The predicted molar refractivity (Wildman–Crippen MR) is 52.6 cm³/mol. The largest absolute Gasteiger partial charge is 0.419 e. The maximum Gasteiger partial charge on any atom is 0.419 e. The number of benzene rings is 1. The normalized spacial score (nSPS) is 20.7. The van der Waals surface area contributed by atoms with Crippen molar-refractivity contribution in [3.05, 3.63) is 34.6 Å². The van der Waals surface area contributed by atoms with Gasteiger partial charge in [0, 0.05) is 0 Å². The summed E-state index contributed by atoms with van der Waals surface area (Å²) in [5, 5.41) is 0. The van der Waals surface area contributed by atoms with Gasteiger partial charge in [0.05, 0.1) is 5.56 Å². The summed E-state index contributed by atoms with van der Waals surface area (Å²) in [6.45, 7) is 2.03. The summed E-state index contributed by atoms with van der Waals surface area (Å²) in [4.78, 5) is 0. The molecule has 0 nitrogen and oxygen atoms in total. The number of rotatable bonds is 0. The minimum Gasteiger partial charge on any atom is -0.206 e. The second kappa shape index (κ2) is 3.75. The summed E-state index contributed by atoms with van der Waals surface area (Å²) in [6.07, 6.45) is -2.44. The highest BCUT2D eigenvalue weighted by Crippen LogP contribution is 2.35. The molecule has 1 atom stereocenters. The quantitative estimate of drug-likeness (QED) is 0.594. The molecular weight excluding hydrogens is 220 g/mol. The number of fused-ring (bicyclic) bond motifs is 1. The molecule has 0 amide bonds. The van der Waals surface area contributed by atoms with Gasteiger partial charge < -0.3 is 0 Å². The lowest BCUT2D eigenvalue weighted by Gasteiger charge is -2.22. The Morgan fingerprint density at radius 2 is 1.88 bits per heavy atom. The SMILES string of the molecule is CC1CCc2cc(C(F)(F)F)c(F)cc2C1. The lowest BCUT2D eigenvalue weighted by Crippen LogP contribution is -2.15. The van der Waals surface area contributed by atoms with Crippen LogP contribution >= 0.6 is 0 Å². The van der Waals surface area contributed by atoms with E-state index in [-0.39, 0.29) is 0 Å². The summed E-state index contributed by atoms with van der Waals surface area (Å²) in [7, 11) is 0. The van der Waals surface area contributed by atoms with Crippen LogP contribution in [0.4, 0.5) is 17.6 Å². The van der Waals surface area contributed by atoms with E-state index in [1.165, 1.54) is 0 Å². The van der Waals surface area contributed by atoms with Gasteiger partial charge in [0.25, 0.3) is 0 Å². The zero-order valence-corrected chi connectivity index (χ0v) is 8.87. The molecule has 88 valence electrons. The molecule has 0 aromatic heterocycles. The van der Waals surface area contributed by atoms with E-state index >= 15 is 0 Å². The third-order valence-corrected chi connectivity index (χ3v) is 3.07. The molecule has 16 heavy (non-hydrogen) atoms. The number of hydrogen-bond acceptors (Lipinski definition) is 0. The molecule has 0 radical (unpaired) electrons. The highest BCUT2D eigenvalue weighted by Gasteiger charge is 2.35. The van der Waals surface area contributed by atoms with E-state index < -0.39 is 17.6 Å². The summed E-state index contributed by atoms with van der Waals surface area (Å²) in [5.74, 6) is -0.732. The molecular formula is C12H12F4. The maximum absolute atomic E-state index is 13.3. The van der Waals surface area contributed by atoms with E-state index in [9.17, 15) is 17.6 Å². The van der Waals surface area contributed by atoms with Gasteiger partial charge in [-0.25, -0.2) is 4.39 Å². The Kier molecular flexibility index (Phi) is 2.68. The van der Waals surface area contributed by atoms with Crippen molar-refractivity contribution in [1.82, 2.24) is 0 Å². The van der Waals surface area contributed by atoms with Crippen LogP contribution in [0.2, 0.25) is 0 Å². The zero-order valence-electron chi connectivity index (χ0n) is 8.87. The van der Waals surface area contributed by atoms with E-state index in [0.29, 0.717) is 24.3 Å². The number of alkyl halides is 3. The van der Waals surface area contributed by atoms with Gasteiger partial charge in [0.1, 0.15) is 5.82 Å². The average Bonchev–Trinajstić information content (AvgIpc) is 2.14. The molecule has 0 aliphatic heterocycles. The number of halogens is 4. The Morgan fingerprint density at radius 1 is 1.19 bits per heavy atom. The topological polar surface area (TPSA) is 0 Å². The molecule has 0 saturated heterocycles. The first-order valence-corrected chi connectivity index (χ1v) is 5.26. The molecule has 0 heterocycles.